The Morgan fingerprint density at radius 1 is 1.50 bits per heavy atom. The van der Waals surface area contributed by atoms with Crippen molar-refractivity contribution in [3.8, 4) is 0 Å². The van der Waals surface area contributed by atoms with Crippen LogP contribution in [0.1, 0.15) is 23.7 Å². The van der Waals surface area contributed by atoms with Crippen molar-refractivity contribution in [1.29, 1.82) is 0 Å². The fourth-order valence-electron chi connectivity index (χ4n) is 1.44. The fraction of sp³-hybridized carbons (Fsp3) is 0.455. The molecule has 0 saturated heterocycles. The normalized spacial score (nSPS) is 11.4. The molecule has 0 aliphatic rings. The lowest BCUT2D eigenvalue weighted by molar-refractivity contribution is -0.140. The number of hydrogen-bond acceptors (Lipinski definition) is 2. The van der Waals surface area contributed by atoms with Gasteiger partial charge in [-0.25, -0.2) is 0 Å². The number of carbonyl (C=O) groups is 1. The molecule has 0 aliphatic carbocycles. The predicted molar refractivity (Wildman–Crippen MR) is 61.5 cm³/mol. The molecule has 0 N–H and O–H groups in total. The molecule has 0 unspecified atom stereocenters. The smallest absolute Gasteiger partial charge is 0.329 e. The molecule has 0 atom stereocenters. The maximum Gasteiger partial charge on any atom is 0.406 e. The van der Waals surface area contributed by atoms with Crippen LogP contribution in [0.3, 0.4) is 0 Å². The van der Waals surface area contributed by atoms with Gasteiger partial charge in [-0.1, -0.05) is 18.5 Å². The highest BCUT2D eigenvalue weighted by atomic mass is 35.5. The average Bonchev–Trinajstić information content (AvgIpc) is 2.26. The van der Waals surface area contributed by atoms with Gasteiger partial charge in [0.05, 0.1) is 10.6 Å². The number of rotatable bonds is 4. The molecule has 0 bridgehead atoms. The van der Waals surface area contributed by atoms with E-state index >= 15 is 0 Å². The van der Waals surface area contributed by atoms with Crippen LogP contribution < -0.4 is 0 Å². The summed E-state index contributed by atoms with van der Waals surface area (Å²) in [4.78, 5) is 16.4. The number of carbonyl (C=O) groups excluding carboxylic acids is 1. The quantitative estimate of drug-likeness (QED) is 0.849. The van der Waals surface area contributed by atoms with Crippen molar-refractivity contribution in [2.45, 2.75) is 19.5 Å². The second-order valence-electron chi connectivity index (χ2n) is 3.70. The van der Waals surface area contributed by atoms with Crippen LogP contribution in [0, 0.1) is 0 Å². The van der Waals surface area contributed by atoms with E-state index in [1.807, 2.05) is 0 Å². The largest absolute Gasteiger partial charge is 0.406 e. The SMILES string of the molecule is CCCN(CC(F)(F)F)C(=O)c1cnccc1Cl. The van der Waals surface area contributed by atoms with Gasteiger partial charge in [0, 0.05) is 18.9 Å². The van der Waals surface area contributed by atoms with Gasteiger partial charge in [-0.05, 0) is 12.5 Å². The van der Waals surface area contributed by atoms with Crippen LogP contribution in [0.15, 0.2) is 18.5 Å². The molecule has 100 valence electrons. The van der Waals surface area contributed by atoms with E-state index in [4.69, 9.17) is 11.6 Å². The first-order valence-corrected chi connectivity index (χ1v) is 5.68. The number of alkyl halides is 3. The second-order valence-corrected chi connectivity index (χ2v) is 4.10. The number of aromatic nitrogens is 1. The first-order valence-electron chi connectivity index (χ1n) is 5.30. The highest BCUT2D eigenvalue weighted by molar-refractivity contribution is 6.33. The molecule has 1 aromatic heterocycles. The number of hydrogen-bond donors (Lipinski definition) is 0. The van der Waals surface area contributed by atoms with Gasteiger partial charge >= 0.3 is 6.18 Å². The molecule has 3 nitrogen and oxygen atoms in total. The molecule has 7 heteroatoms. The molecule has 18 heavy (non-hydrogen) atoms. The maximum absolute atomic E-state index is 12.4. The number of halogens is 4. The Hall–Kier alpha value is -1.30. The lowest BCUT2D eigenvalue weighted by Gasteiger charge is -2.23. The number of amides is 1. The van der Waals surface area contributed by atoms with E-state index in [1.54, 1.807) is 6.92 Å². The van der Waals surface area contributed by atoms with Crippen molar-refractivity contribution in [2.24, 2.45) is 0 Å². The van der Waals surface area contributed by atoms with E-state index in [0.717, 1.165) is 4.90 Å². The first-order chi connectivity index (χ1) is 8.35. The summed E-state index contributed by atoms with van der Waals surface area (Å²) in [5.41, 5.74) is -0.0168. The lowest BCUT2D eigenvalue weighted by Crippen LogP contribution is -2.39. The summed E-state index contributed by atoms with van der Waals surface area (Å²) in [7, 11) is 0. The molecule has 0 radical (unpaired) electrons. The van der Waals surface area contributed by atoms with Crippen molar-refractivity contribution in [3.05, 3.63) is 29.0 Å². The Bertz CT molecular complexity index is 423. The number of nitrogens with zero attached hydrogens (tertiary/aromatic N) is 2. The molecule has 0 aliphatic heterocycles. The van der Waals surface area contributed by atoms with E-state index in [-0.39, 0.29) is 17.1 Å². The van der Waals surface area contributed by atoms with Gasteiger partial charge in [-0.2, -0.15) is 13.2 Å². The lowest BCUT2D eigenvalue weighted by atomic mass is 10.2. The molecular formula is C11H12ClF3N2O. The minimum atomic E-state index is -4.43. The zero-order valence-electron chi connectivity index (χ0n) is 9.67. The summed E-state index contributed by atoms with van der Waals surface area (Å²) >= 11 is 5.77. The van der Waals surface area contributed by atoms with Crippen LogP contribution in [0.5, 0.6) is 0 Å². The van der Waals surface area contributed by atoms with Gasteiger partial charge in [0.2, 0.25) is 0 Å². The monoisotopic (exact) mass is 280 g/mol. The topological polar surface area (TPSA) is 33.2 Å². The molecule has 1 amide bonds. The Balaban J connectivity index is 2.93. The average molecular weight is 281 g/mol. The predicted octanol–water partition coefficient (Wildman–Crippen LogP) is 3.15. The standard InChI is InChI=1S/C11H12ClF3N2O/c1-2-5-17(7-11(13,14)15)10(18)8-6-16-4-3-9(8)12/h3-4,6H,2,5,7H2,1H3. The molecule has 0 aromatic carbocycles. The van der Waals surface area contributed by atoms with Crippen molar-refractivity contribution in [2.75, 3.05) is 13.1 Å². The summed E-state index contributed by atoms with van der Waals surface area (Å²) in [5.74, 6) is -0.757. The zero-order valence-corrected chi connectivity index (χ0v) is 10.4. The molecular weight excluding hydrogens is 269 g/mol. The van der Waals surface area contributed by atoms with Gasteiger partial charge in [-0.15, -0.1) is 0 Å². The van der Waals surface area contributed by atoms with Crippen molar-refractivity contribution < 1.29 is 18.0 Å². The molecule has 0 spiro atoms. The Morgan fingerprint density at radius 3 is 2.67 bits per heavy atom. The summed E-state index contributed by atoms with van der Waals surface area (Å²) < 4.78 is 37.1. The zero-order chi connectivity index (χ0) is 13.8. The maximum atomic E-state index is 12.4. The van der Waals surface area contributed by atoms with Gasteiger partial charge in [0.15, 0.2) is 0 Å². The number of pyridine rings is 1. The molecule has 0 fully saturated rings. The van der Waals surface area contributed by atoms with Crippen LogP contribution in [0.25, 0.3) is 0 Å². The van der Waals surface area contributed by atoms with Gasteiger partial charge < -0.3 is 4.90 Å². The van der Waals surface area contributed by atoms with E-state index in [0.29, 0.717) is 6.42 Å². The molecule has 0 saturated carbocycles. The third-order valence-electron chi connectivity index (χ3n) is 2.15. The van der Waals surface area contributed by atoms with E-state index in [2.05, 4.69) is 4.98 Å². The van der Waals surface area contributed by atoms with E-state index < -0.39 is 18.6 Å². The summed E-state index contributed by atoms with van der Waals surface area (Å²) in [6.45, 7) is 0.427. The van der Waals surface area contributed by atoms with Crippen molar-refractivity contribution in [3.63, 3.8) is 0 Å². The third-order valence-corrected chi connectivity index (χ3v) is 2.48. The minimum Gasteiger partial charge on any atom is -0.329 e. The Labute approximate surface area is 108 Å². The van der Waals surface area contributed by atoms with E-state index in [1.165, 1.54) is 18.5 Å². The van der Waals surface area contributed by atoms with Crippen LogP contribution in [-0.2, 0) is 0 Å². The summed E-state index contributed by atoms with van der Waals surface area (Å²) in [5, 5.41) is 0.0956. The van der Waals surface area contributed by atoms with Crippen LogP contribution >= 0.6 is 11.6 Å². The summed E-state index contributed by atoms with van der Waals surface area (Å²) in [6, 6.07) is 1.37. The fourth-order valence-corrected chi connectivity index (χ4v) is 1.63. The highest BCUT2D eigenvalue weighted by Crippen LogP contribution is 2.21. The van der Waals surface area contributed by atoms with Crippen molar-refractivity contribution in [1.82, 2.24) is 9.88 Å². The molecule has 1 heterocycles. The Kier molecular flexibility index (Phi) is 4.95. The molecule has 1 rings (SSSR count). The van der Waals surface area contributed by atoms with Crippen LogP contribution in [0.2, 0.25) is 5.02 Å². The van der Waals surface area contributed by atoms with Crippen LogP contribution in [-0.4, -0.2) is 35.1 Å². The first kappa shape index (κ1) is 14.8. The highest BCUT2D eigenvalue weighted by Gasteiger charge is 2.33. The van der Waals surface area contributed by atoms with Gasteiger partial charge in [0.1, 0.15) is 6.54 Å². The van der Waals surface area contributed by atoms with Gasteiger partial charge in [0.25, 0.3) is 5.91 Å². The van der Waals surface area contributed by atoms with Gasteiger partial charge in [-0.3, -0.25) is 9.78 Å². The third kappa shape index (κ3) is 4.18. The Morgan fingerprint density at radius 2 is 2.17 bits per heavy atom. The van der Waals surface area contributed by atoms with Crippen molar-refractivity contribution >= 4 is 17.5 Å². The van der Waals surface area contributed by atoms with E-state index in [9.17, 15) is 18.0 Å². The molecule has 1 aromatic rings. The minimum absolute atomic E-state index is 0.0168. The summed E-state index contributed by atoms with van der Waals surface area (Å²) in [6.07, 6.45) is -1.46. The van der Waals surface area contributed by atoms with Crippen LogP contribution in [0.4, 0.5) is 13.2 Å². The second kappa shape index (κ2) is 6.04.